The summed E-state index contributed by atoms with van der Waals surface area (Å²) in [7, 11) is 0. The summed E-state index contributed by atoms with van der Waals surface area (Å²) in [6, 6.07) is 6.12. The average Bonchev–Trinajstić information content (AvgIpc) is 3.06. The van der Waals surface area contributed by atoms with E-state index in [1.165, 1.54) is 18.4 Å². The molecule has 3 heteroatoms. The molecule has 0 saturated heterocycles. The molecule has 4 rings (SSSR count). The molecule has 0 radical (unpaired) electrons. The van der Waals surface area contributed by atoms with E-state index in [0.29, 0.717) is 5.54 Å². The van der Waals surface area contributed by atoms with Gasteiger partial charge in [-0.2, -0.15) is 0 Å². The molecule has 1 heterocycles. The Kier molecular flexibility index (Phi) is 1.64. The molecule has 2 aliphatic carbocycles. The second-order valence-corrected chi connectivity index (χ2v) is 6.47. The maximum atomic E-state index is 10.1. The number of fused-ring (bicyclic) bond motifs is 2. The number of aryl methyl sites for hydroxylation is 1. The highest BCUT2D eigenvalue weighted by Crippen LogP contribution is 2.73. The van der Waals surface area contributed by atoms with Crippen LogP contribution >= 0.6 is 0 Å². The summed E-state index contributed by atoms with van der Waals surface area (Å²) in [5.74, 6) is 2.00. The fraction of sp³-hybridized carbons (Fsp3) is 0.533. The minimum Gasteiger partial charge on any atom is -0.386 e. The Labute approximate surface area is 106 Å². The van der Waals surface area contributed by atoms with Gasteiger partial charge in [-0.3, -0.25) is 0 Å². The minimum absolute atomic E-state index is 0.400. The predicted octanol–water partition coefficient (Wildman–Crippen LogP) is 2.69. The molecule has 2 aromatic rings. The number of hydrogen-bond donors (Lipinski definition) is 1. The van der Waals surface area contributed by atoms with E-state index >= 15 is 0 Å². The van der Waals surface area contributed by atoms with Gasteiger partial charge < -0.3 is 9.67 Å². The van der Waals surface area contributed by atoms with Crippen LogP contribution in [0, 0.1) is 12.8 Å². The molecule has 0 atom stereocenters. The number of aliphatic hydroxyl groups is 1. The Balaban J connectivity index is 1.97. The Bertz CT molecular complexity index is 657. The van der Waals surface area contributed by atoms with Crippen LogP contribution in [-0.4, -0.2) is 14.7 Å². The van der Waals surface area contributed by atoms with Gasteiger partial charge in [-0.15, -0.1) is 0 Å². The zero-order valence-corrected chi connectivity index (χ0v) is 11.1. The standard InChI is InChI=1S/C15H18N2O/c1-9-16-12-5-4-10(14(2,3)18)6-13(12)17(9)15-7-11(15)8-15/h4-6,11,18H,7-8H2,1-3H3. The highest BCUT2D eigenvalue weighted by Gasteiger charge is 2.71. The van der Waals surface area contributed by atoms with Crippen LogP contribution < -0.4 is 0 Å². The number of aromatic nitrogens is 2. The van der Waals surface area contributed by atoms with Crippen molar-refractivity contribution in [1.29, 1.82) is 0 Å². The second kappa shape index (κ2) is 2.80. The van der Waals surface area contributed by atoms with Crippen LogP contribution in [0.2, 0.25) is 0 Å². The number of benzene rings is 1. The van der Waals surface area contributed by atoms with Crippen LogP contribution in [0.5, 0.6) is 0 Å². The lowest BCUT2D eigenvalue weighted by atomic mass is 9.98. The van der Waals surface area contributed by atoms with Crippen LogP contribution in [0.3, 0.4) is 0 Å². The largest absolute Gasteiger partial charge is 0.386 e. The normalized spacial score (nSPS) is 29.4. The summed E-state index contributed by atoms with van der Waals surface area (Å²) in [4.78, 5) is 4.65. The van der Waals surface area contributed by atoms with E-state index < -0.39 is 5.60 Å². The number of hydrogen-bond acceptors (Lipinski definition) is 2. The molecule has 18 heavy (non-hydrogen) atoms. The van der Waals surface area contributed by atoms with Crippen molar-refractivity contribution in [3.63, 3.8) is 0 Å². The van der Waals surface area contributed by atoms with E-state index in [0.717, 1.165) is 22.8 Å². The van der Waals surface area contributed by atoms with Crippen molar-refractivity contribution < 1.29 is 5.11 Å². The summed E-state index contributed by atoms with van der Waals surface area (Å²) in [6.45, 7) is 5.75. The Morgan fingerprint density at radius 3 is 2.61 bits per heavy atom. The fourth-order valence-electron chi connectivity index (χ4n) is 3.18. The third kappa shape index (κ3) is 1.20. The fourth-order valence-corrected chi connectivity index (χ4v) is 3.18. The molecule has 0 aliphatic heterocycles. The molecule has 0 unspecified atom stereocenters. The molecule has 3 nitrogen and oxygen atoms in total. The average molecular weight is 242 g/mol. The maximum absolute atomic E-state index is 10.1. The predicted molar refractivity (Wildman–Crippen MR) is 70.4 cm³/mol. The zero-order valence-electron chi connectivity index (χ0n) is 11.1. The van der Waals surface area contributed by atoms with Gasteiger partial charge in [0.15, 0.2) is 0 Å². The van der Waals surface area contributed by atoms with Gasteiger partial charge in [0.2, 0.25) is 0 Å². The van der Waals surface area contributed by atoms with Gasteiger partial charge in [0.05, 0.1) is 16.6 Å². The Hall–Kier alpha value is -1.35. The first-order valence-electron chi connectivity index (χ1n) is 6.64. The van der Waals surface area contributed by atoms with E-state index in [1.807, 2.05) is 26.0 Å². The molecule has 2 fully saturated rings. The molecule has 1 N–H and O–H groups in total. The van der Waals surface area contributed by atoms with Crippen molar-refractivity contribution in [2.24, 2.45) is 5.92 Å². The monoisotopic (exact) mass is 242 g/mol. The molecular weight excluding hydrogens is 224 g/mol. The summed E-state index contributed by atoms with van der Waals surface area (Å²) >= 11 is 0. The number of imidazole rings is 1. The van der Waals surface area contributed by atoms with Crippen molar-refractivity contribution in [2.45, 2.75) is 44.8 Å². The first-order valence-corrected chi connectivity index (χ1v) is 6.64. The van der Waals surface area contributed by atoms with Gasteiger partial charge in [-0.05, 0) is 57.2 Å². The summed E-state index contributed by atoms with van der Waals surface area (Å²) in [6.07, 6.45) is 2.62. The molecule has 0 amide bonds. The number of rotatable bonds is 2. The summed E-state index contributed by atoms with van der Waals surface area (Å²) in [5.41, 5.74) is 2.81. The van der Waals surface area contributed by atoms with E-state index in [4.69, 9.17) is 0 Å². The van der Waals surface area contributed by atoms with E-state index in [2.05, 4.69) is 22.5 Å². The molecule has 1 aromatic carbocycles. The molecule has 1 aromatic heterocycles. The SMILES string of the molecule is Cc1nc2ccc(C(C)(C)O)cc2n1C12CC1C2. The summed E-state index contributed by atoms with van der Waals surface area (Å²) in [5, 5.41) is 10.1. The van der Waals surface area contributed by atoms with Crippen LogP contribution in [0.1, 0.15) is 38.1 Å². The lowest BCUT2D eigenvalue weighted by Crippen LogP contribution is -2.16. The molecular formula is C15H18N2O. The smallest absolute Gasteiger partial charge is 0.107 e. The van der Waals surface area contributed by atoms with Gasteiger partial charge >= 0.3 is 0 Å². The minimum atomic E-state index is -0.790. The van der Waals surface area contributed by atoms with Crippen molar-refractivity contribution in [1.82, 2.24) is 9.55 Å². The van der Waals surface area contributed by atoms with Crippen LogP contribution in [-0.2, 0) is 11.1 Å². The molecule has 0 bridgehead atoms. The van der Waals surface area contributed by atoms with Crippen molar-refractivity contribution in [3.05, 3.63) is 29.6 Å². The molecule has 2 aliphatic rings. The van der Waals surface area contributed by atoms with Crippen molar-refractivity contribution in [2.75, 3.05) is 0 Å². The van der Waals surface area contributed by atoms with Crippen LogP contribution in [0.25, 0.3) is 11.0 Å². The Morgan fingerprint density at radius 1 is 1.39 bits per heavy atom. The van der Waals surface area contributed by atoms with Gasteiger partial charge in [0.25, 0.3) is 0 Å². The summed E-state index contributed by atoms with van der Waals surface area (Å²) < 4.78 is 2.40. The van der Waals surface area contributed by atoms with Crippen molar-refractivity contribution >= 4 is 11.0 Å². The van der Waals surface area contributed by atoms with Gasteiger partial charge in [-0.1, -0.05) is 6.07 Å². The highest BCUT2D eigenvalue weighted by atomic mass is 16.3. The van der Waals surface area contributed by atoms with Crippen LogP contribution in [0.15, 0.2) is 18.2 Å². The molecule has 94 valence electrons. The maximum Gasteiger partial charge on any atom is 0.107 e. The van der Waals surface area contributed by atoms with Gasteiger partial charge in [-0.25, -0.2) is 4.98 Å². The third-order valence-corrected chi connectivity index (χ3v) is 4.61. The topological polar surface area (TPSA) is 38.1 Å². The van der Waals surface area contributed by atoms with Gasteiger partial charge in [0.1, 0.15) is 5.82 Å². The lowest BCUT2D eigenvalue weighted by Gasteiger charge is -2.18. The highest BCUT2D eigenvalue weighted by molar-refractivity contribution is 5.78. The Morgan fingerprint density at radius 2 is 2.06 bits per heavy atom. The first-order chi connectivity index (χ1) is 8.42. The van der Waals surface area contributed by atoms with Gasteiger partial charge in [0, 0.05) is 5.54 Å². The first kappa shape index (κ1) is 10.6. The molecule has 0 spiro atoms. The van der Waals surface area contributed by atoms with Crippen LogP contribution in [0.4, 0.5) is 0 Å². The van der Waals surface area contributed by atoms with E-state index in [1.54, 1.807) is 0 Å². The lowest BCUT2D eigenvalue weighted by molar-refractivity contribution is 0.0787. The second-order valence-electron chi connectivity index (χ2n) is 6.47. The third-order valence-electron chi connectivity index (χ3n) is 4.61. The van der Waals surface area contributed by atoms with Crippen molar-refractivity contribution in [3.8, 4) is 0 Å². The molecule has 2 saturated carbocycles. The quantitative estimate of drug-likeness (QED) is 0.879. The van der Waals surface area contributed by atoms with E-state index in [9.17, 15) is 5.11 Å². The van der Waals surface area contributed by atoms with E-state index in [-0.39, 0.29) is 0 Å². The zero-order chi connectivity index (χ0) is 12.7. The number of nitrogens with zero attached hydrogens (tertiary/aromatic N) is 2.